The third-order valence-electron chi connectivity index (χ3n) is 13.6. The summed E-state index contributed by atoms with van der Waals surface area (Å²) in [6.07, 6.45) is 5.17. The van der Waals surface area contributed by atoms with Crippen molar-refractivity contribution in [3.8, 4) is 17.6 Å². The lowest BCUT2D eigenvalue weighted by Gasteiger charge is -2.42. The number of likely N-dealkylation sites (tertiary alicyclic amines) is 2. The number of anilines is 1. The number of carbonyl (C=O) groups excluding carboxylic acids is 3. The van der Waals surface area contributed by atoms with Gasteiger partial charge in [0.05, 0.1) is 47.8 Å². The van der Waals surface area contributed by atoms with Gasteiger partial charge < -0.3 is 9.64 Å². The van der Waals surface area contributed by atoms with E-state index in [-0.39, 0.29) is 89.8 Å². The number of fused-ring (bicyclic) bond motifs is 1. The molecule has 0 bridgehead atoms. The third kappa shape index (κ3) is 9.18. The van der Waals surface area contributed by atoms with E-state index in [1.807, 2.05) is 6.07 Å². The number of nitrogens with zero attached hydrogens (tertiary/aromatic N) is 6. The van der Waals surface area contributed by atoms with Gasteiger partial charge in [0.15, 0.2) is 11.6 Å². The third-order valence-corrected chi connectivity index (χ3v) is 15.2. The number of halogens is 4. The van der Waals surface area contributed by atoms with Gasteiger partial charge in [-0.25, -0.2) is 22.5 Å². The summed E-state index contributed by atoms with van der Waals surface area (Å²) >= 11 is 0. The van der Waals surface area contributed by atoms with Crippen LogP contribution in [0.15, 0.2) is 59.7 Å². The molecule has 3 aliphatic heterocycles. The Morgan fingerprint density at radius 1 is 1.02 bits per heavy atom. The summed E-state index contributed by atoms with van der Waals surface area (Å²) in [5, 5.41) is 12.3. The second-order valence-corrected chi connectivity index (χ2v) is 19.3. The van der Waals surface area contributed by atoms with Crippen LogP contribution in [0.1, 0.15) is 92.9 Å². The first kappa shape index (κ1) is 45.7. The lowest BCUT2D eigenvalue weighted by atomic mass is 9.77. The van der Waals surface area contributed by atoms with Crippen LogP contribution in [0.4, 0.5) is 23.2 Å². The molecule has 4 aromatic rings. The van der Waals surface area contributed by atoms with Gasteiger partial charge in [0.1, 0.15) is 23.2 Å². The lowest BCUT2D eigenvalue weighted by molar-refractivity contribution is -0.138. The molecule has 20 heteroatoms. The monoisotopic (exact) mass is 920 g/mol. The molecule has 1 aliphatic carbocycles. The number of imide groups is 1. The van der Waals surface area contributed by atoms with E-state index in [1.54, 1.807) is 16.4 Å². The van der Waals surface area contributed by atoms with Gasteiger partial charge in [-0.2, -0.15) is 18.0 Å². The summed E-state index contributed by atoms with van der Waals surface area (Å²) < 4.78 is 97.8. The van der Waals surface area contributed by atoms with Crippen LogP contribution in [0.2, 0.25) is 0 Å². The number of nitrogens with one attached hydrogen (secondary N) is 2. The fourth-order valence-electron chi connectivity index (χ4n) is 9.77. The van der Waals surface area contributed by atoms with Crippen LogP contribution >= 0.6 is 0 Å². The van der Waals surface area contributed by atoms with Crippen LogP contribution in [-0.2, 0) is 24.6 Å². The van der Waals surface area contributed by atoms with Gasteiger partial charge in [0, 0.05) is 39.1 Å². The highest BCUT2D eigenvalue weighted by atomic mass is 32.2. The summed E-state index contributed by atoms with van der Waals surface area (Å²) in [6.45, 7) is 1.86. The quantitative estimate of drug-likeness (QED) is 0.135. The molecule has 4 heterocycles. The van der Waals surface area contributed by atoms with Crippen molar-refractivity contribution >= 4 is 44.5 Å². The average Bonchev–Trinajstić information content (AvgIpc) is 3.67. The Morgan fingerprint density at radius 2 is 1.78 bits per heavy atom. The van der Waals surface area contributed by atoms with Crippen LogP contribution in [0.5, 0.6) is 11.5 Å². The maximum atomic E-state index is 15.7. The van der Waals surface area contributed by atoms with Crippen LogP contribution in [0, 0.1) is 28.4 Å². The normalized spacial score (nSPS) is 22.2. The van der Waals surface area contributed by atoms with E-state index in [1.165, 1.54) is 48.6 Å². The van der Waals surface area contributed by atoms with E-state index in [4.69, 9.17) is 4.74 Å². The van der Waals surface area contributed by atoms with Crippen molar-refractivity contribution < 1.29 is 45.1 Å². The summed E-state index contributed by atoms with van der Waals surface area (Å²) in [7, 11) is -2.71. The van der Waals surface area contributed by atoms with Crippen LogP contribution in [0.25, 0.3) is 10.9 Å². The van der Waals surface area contributed by atoms with Crippen LogP contribution in [0.3, 0.4) is 0 Å². The first-order valence-corrected chi connectivity index (χ1v) is 23.0. The molecule has 2 unspecified atom stereocenters. The van der Waals surface area contributed by atoms with Gasteiger partial charge >= 0.3 is 10.2 Å². The number of nitriles is 1. The number of aromatic nitrogens is 2. The smallest absolute Gasteiger partial charge is 0.301 e. The standard InChI is InChI=1S/C45H48F4N8O7S/c1-3-54(2)65(62,63)53-38-10-8-35(46)41(33(38)23-50)64-29-5-9-37-32(21-29)43(61)57(26-51-37)28-12-14-44(22-28)15-18-56(19-16-44)40(59)24-55-17-13-34(45(48,49)25-55)31-6-4-27(20-36(31)47)30-7-11-39(58)52-42(30)60/h4-6,8-10,20-21,26,28,30,34,53H,3,7,11-19,22,24-25H2,1-2H3,(H,52,58,60)/t28-,30?,34?/m0/s1. The van der Waals surface area contributed by atoms with Crippen molar-refractivity contribution in [2.24, 2.45) is 5.41 Å². The van der Waals surface area contributed by atoms with Gasteiger partial charge in [-0.1, -0.05) is 19.1 Å². The van der Waals surface area contributed by atoms with Crippen molar-refractivity contribution in [2.45, 2.75) is 82.1 Å². The van der Waals surface area contributed by atoms with E-state index in [0.29, 0.717) is 49.9 Å². The molecule has 4 aliphatic rings. The number of hydrogen-bond acceptors (Lipinski definition) is 10. The number of amides is 3. The fourth-order valence-corrected chi connectivity index (χ4v) is 10.7. The molecular weight excluding hydrogens is 873 g/mol. The SMILES string of the molecule is CCN(C)S(=O)(=O)Nc1ccc(F)c(Oc2ccc3ncn([C@H]4CCC5(CCN(C(=O)CN6CCC(c7ccc(C8CCC(=O)NC8=O)cc7F)C(F)(F)C6)CC5)C4)c(=O)c3c2)c1C#N. The minimum absolute atomic E-state index is 0.0236. The van der Waals surface area contributed by atoms with Gasteiger partial charge in [0.25, 0.3) is 11.5 Å². The van der Waals surface area contributed by atoms with Gasteiger partial charge in [-0.05, 0) is 104 Å². The first-order valence-electron chi connectivity index (χ1n) is 21.6. The molecule has 1 spiro atoms. The van der Waals surface area contributed by atoms with E-state index in [2.05, 4.69) is 15.0 Å². The van der Waals surface area contributed by atoms with E-state index >= 15 is 17.6 Å². The Bertz CT molecular complexity index is 2770. The van der Waals surface area contributed by atoms with Crippen LogP contribution in [-0.4, -0.2) is 102 Å². The molecule has 3 saturated heterocycles. The summed E-state index contributed by atoms with van der Waals surface area (Å²) in [5.41, 5.74) is -0.555. The van der Waals surface area contributed by atoms with E-state index in [9.17, 15) is 32.9 Å². The molecule has 8 rings (SSSR count). The maximum absolute atomic E-state index is 15.7. The molecule has 1 saturated carbocycles. The Kier molecular flexibility index (Phi) is 12.5. The Hall–Kier alpha value is -5.91. The van der Waals surface area contributed by atoms with E-state index < -0.39 is 63.7 Å². The molecule has 3 atom stereocenters. The van der Waals surface area contributed by atoms with Crippen molar-refractivity contribution in [3.63, 3.8) is 0 Å². The number of ether oxygens (including phenoxy) is 1. The highest BCUT2D eigenvalue weighted by molar-refractivity contribution is 7.90. The van der Waals surface area contributed by atoms with Crippen LogP contribution < -0.4 is 20.3 Å². The first-order chi connectivity index (χ1) is 30.9. The lowest BCUT2D eigenvalue weighted by Crippen LogP contribution is -2.52. The minimum Gasteiger partial charge on any atom is -0.453 e. The van der Waals surface area contributed by atoms with Crippen molar-refractivity contribution in [1.29, 1.82) is 5.26 Å². The average molecular weight is 921 g/mol. The Morgan fingerprint density at radius 3 is 2.48 bits per heavy atom. The molecule has 3 amide bonds. The number of carbonyl (C=O) groups is 3. The molecule has 65 heavy (non-hydrogen) atoms. The predicted octanol–water partition coefficient (Wildman–Crippen LogP) is 5.93. The number of piperidine rings is 3. The van der Waals surface area contributed by atoms with Crippen molar-refractivity contribution in [2.75, 3.05) is 51.0 Å². The van der Waals surface area contributed by atoms with Gasteiger partial charge in [0.2, 0.25) is 17.7 Å². The number of alkyl halides is 2. The van der Waals surface area contributed by atoms with Gasteiger partial charge in [-0.15, -0.1) is 0 Å². The number of hydrogen-bond donors (Lipinski definition) is 2. The molecule has 0 radical (unpaired) electrons. The van der Waals surface area contributed by atoms with E-state index in [0.717, 1.165) is 28.9 Å². The molecule has 15 nitrogen and oxygen atoms in total. The number of benzene rings is 3. The highest BCUT2D eigenvalue weighted by Crippen LogP contribution is 2.50. The highest BCUT2D eigenvalue weighted by Gasteiger charge is 2.48. The second kappa shape index (κ2) is 17.8. The second-order valence-electron chi connectivity index (χ2n) is 17.5. The fraction of sp³-hybridized carbons (Fsp3) is 0.467. The molecule has 344 valence electrons. The zero-order chi connectivity index (χ0) is 46.4. The van der Waals surface area contributed by atoms with Crippen molar-refractivity contribution in [3.05, 3.63) is 93.5 Å². The molecule has 2 N–H and O–H groups in total. The summed E-state index contributed by atoms with van der Waals surface area (Å²) in [4.78, 5) is 58.9. The molecule has 4 fully saturated rings. The topological polar surface area (TPSA) is 187 Å². The Balaban J connectivity index is 0.878. The maximum Gasteiger partial charge on any atom is 0.301 e. The molecular formula is C45H48F4N8O7S. The minimum atomic E-state index is -4.05. The van der Waals surface area contributed by atoms with Gasteiger partial charge in [-0.3, -0.25) is 38.7 Å². The zero-order valence-corrected chi connectivity index (χ0v) is 36.6. The molecule has 3 aromatic carbocycles. The largest absolute Gasteiger partial charge is 0.453 e. The molecule has 1 aromatic heterocycles. The number of rotatable bonds is 11. The zero-order valence-electron chi connectivity index (χ0n) is 35.8. The predicted molar refractivity (Wildman–Crippen MR) is 229 cm³/mol. The van der Waals surface area contributed by atoms with Crippen molar-refractivity contribution in [1.82, 2.24) is 29.0 Å². The summed E-state index contributed by atoms with van der Waals surface area (Å²) in [6, 6.07) is 12.0. The summed E-state index contributed by atoms with van der Waals surface area (Å²) in [5.74, 6) is -8.95. The Labute approximate surface area is 372 Å².